The van der Waals surface area contributed by atoms with E-state index in [0.717, 1.165) is 18.4 Å². The minimum Gasteiger partial charge on any atom is -0.399 e. The van der Waals surface area contributed by atoms with Crippen LogP contribution in [-0.4, -0.2) is 43.5 Å². The first kappa shape index (κ1) is 15.5. The molecule has 0 spiro atoms. The van der Waals surface area contributed by atoms with E-state index < -0.39 is 10.0 Å². The minimum absolute atomic E-state index is 0.0888. The fourth-order valence-corrected chi connectivity index (χ4v) is 3.39. The molecule has 1 fully saturated rings. The molecule has 2 aromatic rings. The Morgan fingerprint density at radius 2 is 2.13 bits per heavy atom. The number of nitrogens with two attached hydrogens (primary N) is 1. The van der Waals surface area contributed by atoms with E-state index in [-0.39, 0.29) is 4.90 Å². The maximum atomic E-state index is 12.5. The van der Waals surface area contributed by atoms with Gasteiger partial charge in [0, 0.05) is 37.1 Å². The molecular weight excluding hydrogens is 314 g/mol. The van der Waals surface area contributed by atoms with Gasteiger partial charge in [-0.25, -0.2) is 0 Å². The Hall–Kier alpha value is -2.35. The zero-order chi connectivity index (χ0) is 16.6. The van der Waals surface area contributed by atoms with Crippen LogP contribution in [0.3, 0.4) is 0 Å². The Bertz CT molecular complexity index is 851. The second-order valence-electron chi connectivity index (χ2n) is 5.86. The van der Waals surface area contributed by atoms with E-state index in [0.29, 0.717) is 17.3 Å². The van der Waals surface area contributed by atoms with Gasteiger partial charge in [-0.05, 0) is 25.0 Å². The van der Waals surface area contributed by atoms with Crippen LogP contribution in [0, 0.1) is 0 Å². The highest BCUT2D eigenvalue weighted by Gasteiger charge is 2.25. The average Bonchev–Trinajstić information content (AvgIpc) is 3.23. The summed E-state index contributed by atoms with van der Waals surface area (Å²) in [5.74, 6) is 0. The van der Waals surface area contributed by atoms with E-state index in [4.69, 9.17) is 5.73 Å². The molecule has 0 aliphatic heterocycles. The molecule has 122 valence electrons. The molecule has 2 N–H and O–H groups in total. The summed E-state index contributed by atoms with van der Waals surface area (Å²) in [5, 5.41) is 4.32. The summed E-state index contributed by atoms with van der Waals surface area (Å²) in [6.07, 6.45) is 7.04. The molecule has 1 aliphatic carbocycles. The van der Waals surface area contributed by atoms with Crippen molar-refractivity contribution >= 4 is 22.0 Å². The first-order valence-corrected chi connectivity index (χ1v) is 8.72. The summed E-state index contributed by atoms with van der Waals surface area (Å²) in [6.45, 7) is 0. The van der Waals surface area contributed by atoms with Crippen molar-refractivity contribution in [2.24, 2.45) is 4.40 Å². The van der Waals surface area contributed by atoms with Crippen molar-refractivity contribution in [3.63, 3.8) is 0 Å². The van der Waals surface area contributed by atoms with Crippen molar-refractivity contribution in [2.75, 3.05) is 19.8 Å². The molecule has 0 unspecified atom stereocenters. The smallest absolute Gasteiger partial charge is 0.284 e. The van der Waals surface area contributed by atoms with Crippen molar-refractivity contribution in [2.45, 2.75) is 23.8 Å². The van der Waals surface area contributed by atoms with E-state index in [2.05, 4.69) is 9.50 Å². The highest BCUT2D eigenvalue weighted by atomic mass is 32.2. The zero-order valence-electron chi connectivity index (χ0n) is 13.0. The summed E-state index contributed by atoms with van der Waals surface area (Å²) < 4.78 is 30.6. The van der Waals surface area contributed by atoms with Gasteiger partial charge in [-0.2, -0.15) is 13.5 Å². The Balaban J connectivity index is 2.07. The van der Waals surface area contributed by atoms with Gasteiger partial charge in [0.05, 0.1) is 17.1 Å². The Morgan fingerprint density at radius 3 is 2.78 bits per heavy atom. The van der Waals surface area contributed by atoms with Crippen LogP contribution in [0.15, 0.2) is 39.9 Å². The van der Waals surface area contributed by atoms with Crippen molar-refractivity contribution in [3.05, 3.63) is 30.6 Å². The standard InChI is InChI=1S/C15H19N5O2S/c1-19(2)10-18-23(21,22)15-7-12(16)3-6-14(15)11-8-17-20(9-11)13-4-5-13/h3,6-10,13H,4-5,16H2,1-2H3. The lowest BCUT2D eigenvalue weighted by Gasteiger charge is -2.08. The summed E-state index contributed by atoms with van der Waals surface area (Å²) in [7, 11) is -0.427. The van der Waals surface area contributed by atoms with Crippen LogP contribution in [0.25, 0.3) is 11.1 Å². The Labute approximate surface area is 135 Å². The topological polar surface area (TPSA) is 93.6 Å². The third kappa shape index (κ3) is 3.37. The van der Waals surface area contributed by atoms with Crippen molar-refractivity contribution in [1.82, 2.24) is 14.7 Å². The predicted molar refractivity (Wildman–Crippen MR) is 89.7 cm³/mol. The van der Waals surface area contributed by atoms with E-state index in [1.165, 1.54) is 12.4 Å². The van der Waals surface area contributed by atoms with Crippen LogP contribution < -0.4 is 5.73 Å². The fourth-order valence-electron chi connectivity index (χ4n) is 2.22. The number of nitrogens with zero attached hydrogens (tertiary/aromatic N) is 4. The molecule has 1 aromatic heterocycles. The third-order valence-electron chi connectivity index (χ3n) is 3.53. The number of hydrogen-bond acceptors (Lipinski definition) is 4. The van der Waals surface area contributed by atoms with Gasteiger partial charge in [-0.1, -0.05) is 6.07 Å². The van der Waals surface area contributed by atoms with Crippen molar-refractivity contribution in [1.29, 1.82) is 0 Å². The van der Waals surface area contributed by atoms with Gasteiger partial charge in [0.2, 0.25) is 0 Å². The van der Waals surface area contributed by atoms with Gasteiger partial charge in [0.25, 0.3) is 10.0 Å². The average molecular weight is 333 g/mol. The van der Waals surface area contributed by atoms with E-state index in [1.807, 2.05) is 10.9 Å². The summed E-state index contributed by atoms with van der Waals surface area (Å²) in [4.78, 5) is 1.65. The van der Waals surface area contributed by atoms with Gasteiger partial charge in [0.15, 0.2) is 0 Å². The second-order valence-corrected chi connectivity index (χ2v) is 7.46. The quantitative estimate of drug-likeness (QED) is 0.511. The maximum Gasteiger partial charge on any atom is 0.284 e. The fraction of sp³-hybridized carbons (Fsp3) is 0.333. The molecule has 0 bridgehead atoms. The molecule has 0 radical (unpaired) electrons. The van der Waals surface area contributed by atoms with Crippen molar-refractivity contribution in [3.8, 4) is 11.1 Å². The number of benzene rings is 1. The number of rotatable bonds is 5. The summed E-state index contributed by atoms with van der Waals surface area (Å²) in [5.41, 5.74) is 7.45. The van der Waals surface area contributed by atoms with Gasteiger partial charge in [-0.3, -0.25) is 4.68 Å². The lowest BCUT2D eigenvalue weighted by atomic mass is 10.1. The molecule has 8 heteroatoms. The number of sulfonamides is 1. The monoisotopic (exact) mass is 333 g/mol. The molecule has 1 saturated carbocycles. The van der Waals surface area contributed by atoms with E-state index >= 15 is 0 Å². The van der Waals surface area contributed by atoms with Crippen LogP contribution in [-0.2, 0) is 10.0 Å². The van der Waals surface area contributed by atoms with Gasteiger partial charge < -0.3 is 10.6 Å². The summed E-state index contributed by atoms with van der Waals surface area (Å²) in [6, 6.07) is 5.25. The SMILES string of the molecule is CN(C)C=NS(=O)(=O)c1cc(N)ccc1-c1cnn(C2CC2)c1. The molecule has 0 amide bonds. The van der Waals surface area contributed by atoms with Crippen LogP contribution in [0.4, 0.5) is 5.69 Å². The molecule has 3 rings (SSSR count). The largest absolute Gasteiger partial charge is 0.399 e. The molecule has 1 heterocycles. The number of anilines is 1. The molecular formula is C15H19N5O2S. The lowest BCUT2D eigenvalue weighted by molar-refractivity contribution is 0.595. The van der Waals surface area contributed by atoms with Crippen LogP contribution in [0.5, 0.6) is 0 Å². The molecule has 7 nitrogen and oxygen atoms in total. The van der Waals surface area contributed by atoms with E-state index in [1.54, 1.807) is 37.3 Å². The highest BCUT2D eigenvalue weighted by molar-refractivity contribution is 7.90. The molecule has 0 saturated heterocycles. The first-order chi connectivity index (χ1) is 10.9. The molecule has 0 atom stereocenters. The molecule has 1 aromatic carbocycles. The van der Waals surface area contributed by atoms with Gasteiger partial charge in [0.1, 0.15) is 6.34 Å². The van der Waals surface area contributed by atoms with Crippen molar-refractivity contribution < 1.29 is 8.42 Å². The predicted octanol–water partition coefficient (Wildman–Crippen LogP) is 1.75. The number of hydrogen-bond donors (Lipinski definition) is 1. The number of aromatic nitrogens is 2. The van der Waals surface area contributed by atoms with Gasteiger partial charge >= 0.3 is 0 Å². The molecule has 1 aliphatic rings. The van der Waals surface area contributed by atoms with Crippen LogP contribution in [0.2, 0.25) is 0 Å². The van der Waals surface area contributed by atoms with Crippen LogP contribution in [0.1, 0.15) is 18.9 Å². The zero-order valence-corrected chi connectivity index (χ0v) is 13.9. The summed E-state index contributed by atoms with van der Waals surface area (Å²) >= 11 is 0. The second kappa shape index (κ2) is 5.69. The van der Waals surface area contributed by atoms with E-state index in [9.17, 15) is 8.42 Å². The minimum atomic E-state index is -3.84. The first-order valence-electron chi connectivity index (χ1n) is 7.28. The normalized spacial score (nSPS) is 15.2. The molecule has 23 heavy (non-hydrogen) atoms. The Kier molecular flexibility index (Phi) is 3.85. The Morgan fingerprint density at radius 1 is 1.39 bits per heavy atom. The van der Waals surface area contributed by atoms with Crippen LogP contribution >= 0.6 is 0 Å². The highest BCUT2D eigenvalue weighted by Crippen LogP contribution is 2.36. The van der Waals surface area contributed by atoms with Gasteiger partial charge in [-0.15, -0.1) is 4.40 Å². The lowest BCUT2D eigenvalue weighted by Crippen LogP contribution is -2.10. The maximum absolute atomic E-state index is 12.5. The third-order valence-corrected chi connectivity index (χ3v) is 4.80. The number of nitrogen functional groups attached to an aromatic ring is 1.